The van der Waals surface area contributed by atoms with Crippen molar-refractivity contribution in [1.82, 2.24) is 0 Å². The highest BCUT2D eigenvalue weighted by Gasteiger charge is 2.53. The maximum absolute atomic E-state index is 14.5. The average molecular weight is 427 g/mol. The standard InChI is InChI=1S/C25H21ClF2O2/c1-16(27)24(29)23(25(13-14-25)18-8-10-19(26)11-9-18)17-7-12-21(28)22(15-17)30-20-5-3-2-4-6-20/h2-12,15,23,29H,13-14H2,1H3. The first-order chi connectivity index (χ1) is 14.4. The quantitative estimate of drug-likeness (QED) is 0.406. The van der Waals surface area contributed by atoms with Crippen molar-refractivity contribution in [2.24, 2.45) is 0 Å². The van der Waals surface area contributed by atoms with Crippen LogP contribution in [0.15, 0.2) is 84.4 Å². The second-order valence-electron chi connectivity index (χ2n) is 7.62. The SMILES string of the molecule is CC(F)=C(O)C(c1ccc(F)c(Oc2ccccc2)c1)C1(c2ccc(Cl)cc2)CC1. The molecule has 1 fully saturated rings. The second kappa shape index (κ2) is 8.11. The van der Waals surface area contributed by atoms with Crippen LogP contribution in [0.1, 0.15) is 36.8 Å². The molecule has 3 aromatic rings. The maximum atomic E-state index is 14.5. The number of aliphatic hydroxyl groups excluding tert-OH is 1. The number of benzene rings is 3. The lowest BCUT2D eigenvalue weighted by atomic mass is 9.77. The summed E-state index contributed by atoms with van der Waals surface area (Å²) in [5.41, 5.74) is 1.06. The highest BCUT2D eigenvalue weighted by atomic mass is 35.5. The summed E-state index contributed by atoms with van der Waals surface area (Å²) in [4.78, 5) is 0. The summed E-state index contributed by atoms with van der Waals surface area (Å²) in [7, 11) is 0. The van der Waals surface area contributed by atoms with Crippen LogP contribution >= 0.6 is 11.6 Å². The molecule has 1 N–H and O–H groups in total. The zero-order valence-corrected chi connectivity index (χ0v) is 17.2. The van der Waals surface area contributed by atoms with Gasteiger partial charge in [-0.2, -0.15) is 0 Å². The van der Waals surface area contributed by atoms with Crippen LogP contribution in [-0.2, 0) is 5.41 Å². The molecule has 154 valence electrons. The first-order valence-corrected chi connectivity index (χ1v) is 10.1. The van der Waals surface area contributed by atoms with Gasteiger partial charge in [0.05, 0.1) is 5.92 Å². The lowest BCUT2D eigenvalue weighted by Crippen LogP contribution is -2.21. The van der Waals surface area contributed by atoms with E-state index < -0.39 is 23.0 Å². The van der Waals surface area contributed by atoms with E-state index >= 15 is 0 Å². The number of hydrogen-bond acceptors (Lipinski definition) is 2. The minimum Gasteiger partial charge on any atom is -0.509 e. The molecular weight excluding hydrogens is 406 g/mol. The lowest BCUT2D eigenvalue weighted by molar-refractivity contribution is 0.314. The molecule has 1 aliphatic rings. The van der Waals surface area contributed by atoms with E-state index in [1.165, 1.54) is 13.0 Å². The second-order valence-corrected chi connectivity index (χ2v) is 8.06. The molecule has 0 saturated heterocycles. The Morgan fingerprint density at radius 1 is 1.03 bits per heavy atom. The van der Waals surface area contributed by atoms with Gasteiger partial charge in [-0.15, -0.1) is 0 Å². The Morgan fingerprint density at radius 2 is 1.70 bits per heavy atom. The van der Waals surface area contributed by atoms with E-state index in [1.54, 1.807) is 48.5 Å². The fourth-order valence-electron chi connectivity index (χ4n) is 3.99. The maximum Gasteiger partial charge on any atom is 0.165 e. The number of rotatable bonds is 6. The van der Waals surface area contributed by atoms with Gasteiger partial charge in [0.2, 0.25) is 0 Å². The molecule has 0 aromatic heterocycles. The Morgan fingerprint density at radius 3 is 2.30 bits per heavy atom. The number of halogens is 3. The first kappa shape index (κ1) is 20.4. The molecule has 0 bridgehead atoms. The molecule has 1 aliphatic carbocycles. The van der Waals surface area contributed by atoms with E-state index in [1.807, 2.05) is 18.2 Å². The van der Waals surface area contributed by atoms with Gasteiger partial charge >= 0.3 is 0 Å². The summed E-state index contributed by atoms with van der Waals surface area (Å²) in [6.45, 7) is 1.23. The van der Waals surface area contributed by atoms with Gasteiger partial charge in [-0.1, -0.05) is 48.0 Å². The van der Waals surface area contributed by atoms with Crippen LogP contribution in [0.25, 0.3) is 0 Å². The van der Waals surface area contributed by atoms with Crippen LogP contribution in [-0.4, -0.2) is 5.11 Å². The van der Waals surface area contributed by atoms with Crippen molar-refractivity contribution in [2.45, 2.75) is 31.1 Å². The third-order valence-electron chi connectivity index (χ3n) is 5.65. The molecule has 0 amide bonds. The molecule has 1 unspecified atom stereocenters. The lowest BCUT2D eigenvalue weighted by Gasteiger charge is -2.28. The summed E-state index contributed by atoms with van der Waals surface area (Å²) in [6.07, 6.45) is 1.53. The molecule has 5 heteroatoms. The van der Waals surface area contributed by atoms with Crippen molar-refractivity contribution < 1.29 is 18.6 Å². The minimum atomic E-state index is -0.664. The van der Waals surface area contributed by atoms with Crippen LogP contribution in [0, 0.1) is 5.82 Å². The van der Waals surface area contributed by atoms with Gasteiger partial charge in [0.1, 0.15) is 17.3 Å². The summed E-state index contributed by atoms with van der Waals surface area (Å²) < 4.78 is 34.4. The van der Waals surface area contributed by atoms with Crippen molar-refractivity contribution in [1.29, 1.82) is 0 Å². The number of allylic oxidation sites excluding steroid dienone is 2. The molecule has 30 heavy (non-hydrogen) atoms. The monoisotopic (exact) mass is 426 g/mol. The van der Waals surface area contributed by atoms with Crippen molar-refractivity contribution in [3.63, 3.8) is 0 Å². The zero-order valence-electron chi connectivity index (χ0n) is 16.4. The Bertz CT molecular complexity index is 1070. The predicted molar refractivity (Wildman–Crippen MR) is 114 cm³/mol. The molecule has 0 spiro atoms. The molecule has 2 nitrogen and oxygen atoms in total. The topological polar surface area (TPSA) is 29.5 Å². The normalized spacial score (nSPS) is 16.5. The van der Waals surface area contributed by atoms with E-state index in [-0.39, 0.29) is 11.5 Å². The summed E-state index contributed by atoms with van der Waals surface area (Å²) in [5.74, 6) is -1.68. The molecule has 0 aliphatic heterocycles. The van der Waals surface area contributed by atoms with Crippen molar-refractivity contribution >= 4 is 11.6 Å². The molecule has 1 saturated carbocycles. The van der Waals surface area contributed by atoms with Crippen LogP contribution in [0.4, 0.5) is 8.78 Å². The van der Waals surface area contributed by atoms with Gasteiger partial charge in [0, 0.05) is 10.4 Å². The molecule has 4 rings (SSSR count). The summed E-state index contributed by atoms with van der Waals surface area (Å²) >= 11 is 6.03. The summed E-state index contributed by atoms with van der Waals surface area (Å²) in [6, 6.07) is 20.6. The average Bonchev–Trinajstić information content (AvgIpc) is 3.53. The van der Waals surface area contributed by atoms with Crippen molar-refractivity contribution in [3.8, 4) is 11.5 Å². The molecule has 1 atom stereocenters. The highest BCUT2D eigenvalue weighted by molar-refractivity contribution is 6.30. The van der Waals surface area contributed by atoms with Crippen molar-refractivity contribution in [3.05, 3.63) is 106 Å². The Balaban J connectivity index is 1.78. The fourth-order valence-corrected chi connectivity index (χ4v) is 4.12. The van der Waals surface area contributed by atoms with Crippen LogP contribution in [0.2, 0.25) is 5.02 Å². The predicted octanol–water partition coefficient (Wildman–Crippen LogP) is 7.85. The van der Waals surface area contributed by atoms with Crippen LogP contribution in [0.3, 0.4) is 0 Å². The number of hydrogen-bond donors (Lipinski definition) is 1. The van der Waals surface area contributed by atoms with Crippen LogP contribution in [0.5, 0.6) is 11.5 Å². The van der Waals surface area contributed by atoms with Crippen molar-refractivity contribution in [2.75, 3.05) is 0 Å². The van der Waals surface area contributed by atoms with Gasteiger partial charge in [0.25, 0.3) is 0 Å². The Labute approximate surface area is 179 Å². The fraction of sp³-hybridized carbons (Fsp3) is 0.200. The molecular formula is C25H21ClF2O2. The van der Waals surface area contributed by atoms with Gasteiger partial charge in [-0.05, 0) is 67.3 Å². The van der Waals surface area contributed by atoms with Gasteiger partial charge in [-0.3, -0.25) is 0 Å². The summed E-state index contributed by atoms with van der Waals surface area (Å²) in [5, 5.41) is 11.3. The zero-order chi connectivity index (χ0) is 21.3. The Hall–Kier alpha value is -2.85. The van der Waals surface area contributed by atoms with Crippen LogP contribution < -0.4 is 4.74 Å². The van der Waals surface area contributed by atoms with Gasteiger partial charge in [0.15, 0.2) is 11.6 Å². The number of ether oxygens (including phenoxy) is 1. The molecule has 0 radical (unpaired) electrons. The number of aliphatic hydroxyl groups is 1. The van der Waals surface area contributed by atoms with Gasteiger partial charge in [-0.25, -0.2) is 8.78 Å². The van der Waals surface area contributed by atoms with E-state index in [0.29, 0.717) is 16.3 Å². The Kier molecular flexibility index (Phi) is 5.52. The van der Waals surface area contributed by atoms with E-state index in [2.05, 4.69) is 0 Å². The first-order valence-electron chi connectivity index (χ1n) is 9.74. The van der Waals surface area contributed by atoms with E-state index in [0.717, 1.165) is 18.4 Å². The number of para-hydroxylation sites is 1. The smallest absolute Gasteiger partial charge is 0.165 e. The minimum absolute atomic E-state index is 0.0277. The highest BCUT2D eigenvalue weighted by Crippen LogP contribution is 2.60. The third-order valence-corrected chi connectivity index (χ3v) is 5.90. The van der Waals surface area contributed by atoms with E-state index in [9.17, 15) is 13.9 Å². The van der Waals surface area contributed by atoms with E-state index in [4.69, 9.17) is 16.3 Å². The van der Waals surface area contributed by atoms with Gasteiger partial charge < -0.3 is 9.84 Å². The largest absolute Gasteiger partial charge is 0.509 e. The molecule has 0 heterocycles. The third kappa shape index (κ3) is 3.92. The molecule has 3 aromatic carbocycles.